The lowest BCUT2D eigenvalue weighted by Crippen LogP contribution is -2.42. The molecule has 0 spiro atoms. The fourth-order valence-electron chi connectivity index (χ4n) is 3.00. The van der Waals surface area contributed by atoms with E-state index < -0.39 is 0 Å². The number of fused-ring (bicyclic) bond motifs is 1. The van der Waals surface area contributed by atoms with Gasteiger partial charge in [-0.2, -0.15) is 0 Å². The second-order valence-electron chi connectivity index (χ2n) is 6.42. The summed E-state index contributed by atoms with van der Waals surface area (Å²) in [6, 6.07) is 5.95. The van der Waals surface area contributed by atoms with Crippen molar-refractivity contribution in [3.63, 3.8) is 0 Å². The number of hydrogen-bond acceptors (Lipinski definition) is 4. The van der Waals surface area contributed by atoms with Crippen molar-refractivity contribution in [3.05, 3.63) is 23.8 Å². The molecular weight excluding hydrogens is 280 g/mol. The zero-order valence-electron chi connectivity index (χ0n) is 13.4. The number of ether oxygens (including phenoxy) is 2. The molecule has 0 saturated carbocycles. The minimum atomic E-state index is 0.232. The van der Waals surface area contributed by atoms with Gasteiger partial charge in [0.25, 0.3) is 0 Å². The van der Waals surface area contributed by atoms with E-state index in [1.54, 1.807) is 0 Å². The molecule has 22 heavy (non-hydrogen) atoms. The summed E-state index contributed by atoms with van der Waals surface area (Å²) in [6.45, 7) is 5.54. The van der Waals surface area contributed by atoms with Gasteiger partial charge in [-0.1, -0.05) is 13.0 Å². The van der Waals surface area contributed by atoms with Gasteiger partial charge < -0.3 is 14.4 Å². The predicted molar refractivity (Wildman–Crippen MR) is 83.9 cm³/mol. The first-order valence-corrected chi connectivity index (χ1v) is 7.96. The molecule has 1 aromatic rings. The standard InChI is InChI=1S/C17H24N2O3/c1-13-5-7-19(8-6-13)17(20)11-18(2)10-14-3-4-15-16(9-14)22-12-21-15/h3-4,9,13H,5-8,10-12H2,1-2H3. The average Bonchev–Trinajstić information content (AvgIpc) is 2.95. The maximum Gasteiger partial charge on any atom is 0.236 e. The second kappa shape index (κ2) is 6.57. The molecular formula is C17H24N2O3. The number of amides is 1. The van der Waals surface area contributed by atoms with Gasteiger partial charge in [0.1, 0.15) is 0 Å². The van der Waals surface area contributed by atoms with Gasteiger partial charge in [-0.05, 0) is 43.5 Å². The fraction of sp³-hybridized carbons (Fsp3) is 0.588. The van der Waals surface area contributed by atoms with Crippen LogP contribution in [0.15, 0.2) is 18.2 Å². The SMILES string of the molecule is CC1CCN(C(=O)CN(C)Cc2ccc3c(c2)OCO3)CC1. The molecule has 1 fully saturated rings. The largest absolute Gasteiger partial charge is 0.454 e. The van der Waals surface area contributed by atoms with Crippen LogP contribution in [-0.2, 0) is 11.3 Å². The molecule has 3 rings (SSSR count). The third-order valence-corrected chi connectivity index (χ3v) is 4.43. The van der Waals surface area contributed by atoms with Gasteiger partial charge in [0.2, 0.25) is 12.7 Å². The normalized spacial score (nSPS) is 18.0. The number of carbonyl (C=O) groups excluding carboxylic acids is 1. The van der Waals surface area contributed by atoms with E-state index in [0.717, 1.165) is 55.5 Å². The molecule has 0 N–H and O–H groups in total. The summed E-state index contributed by atoms with van der Waals surface area (Å²) in [5.41, 5.74) is 1.13. The molecule has 0 bridgehead atoms. The summed E-state index contributed by atoms with van der Waals surface area (Å²) in [5, 5.41) is 0. The number of nitrogens with zero attached hydrogens (tertiary/aromatic N) is 2. The molecule has 1 aromatic carbocycles. The predicted octanol–water partition coefficient (Wildman–Crippen LogP) is 2.11. The Balaban J connectivity index is 1.51. The lowest BCUT2D eigenvalue weighted by atomic mass is 9.99. The molecule has 2 aliphatic rings. The first-order valence-electron chi connectivity index (χ1n) is 7.96. The number of carbonyl (C=O) groups is 1. The average molecular weight is 304 g/mol. The van der Waals surface area contributed by atoms with Crippen molar-refractivity contribution < 1.29 is 14.3 Å². The number of hydrogen-bond donors (Lipinski definition) is 0. The van der Waals surface area contributed by atoms with Crippen LogP contribution >= 0.6 is 0 Å². The van der Waals surface area contributed by atoms with Crippen LogP contribution in [0, 0.1) is 5.92 Å². The number of piperidine rings is 1. The Hall–Kier alpha value is -1.75. The van der Waals surface area contributed by atoms with Crippen molar-refractivity contribution in [2.75, 3.05) is 33.5 Å². The van der Waals surface area contributed by atoms with Crippen LogP contribution in [0.3, 0.4) is 0 Å². The summed E-state index contributed by atoms with van der Waals surface area (Å²) in [5.74, 6) is 2.57. The van der Waals surface area contributed by atoms with E-state index >= 15 is 0 Å². The maximum atomic E-state index is 12.3. The zero-order valence-corrected chi connectivity index (χ0v) is 13.4. The first-order chi connectivity index (χ1) is 10.6. The quantitative estimate of drug-likeness (QED) is 0.854. The number of likely N-dealkylation sites (N-methyl/N-ethyl adjacent to an activating group) is 1. The van der Waals surface area contributed by atoms with E-state index in [0.29, 0.717) is 13.3 Å². The molecule has 0 atom stereocenters. The zero-order chi connectivity index (χ0) is 15.5. The highest BCUT2D eigenvalue weighted by molar-refractivity contribution is 5.78. The van der Waals surface area contributed by atoms with E-state index in [1.807, 2.05) is 30.1 Å². The van der Waals surface area contributed by atoms with Crippen LogP contribution in [0.25, 0.3) is 0 Å². The fourth-order valence-corrected chi connectivity index (χ4v) is 3.00. The topological polar surface area (TPSA) is 42.0 Å². The summed E-state index contributed by atoms with van der Waals surface area (Å²) in [7, 11) is 1.98. The molecule has 120 valence electrons. The summed E-state index contributed by atoms with van der Waals surface area (Å²) >= 11 is 0. The van der Waals surface area contributed by atoms with Crippen molar-refractivity contribution in [1.82, 2.24) is 9.80 Å². The molecule has 0 radical (unpaired) electrons. The molecule has 1 saturated heterocycles. The van der Waals surface area contributed by atoms with Gasteiger partial charge in [0, 0.05) is 19.6 Å². The molecule has 2 heterocycles. The number of rotatable bonds is 4. The van der Waals surface area contributed by atoms with E-state index in [-0.39, 0.29) is 5.91 Å². The van der Waals surface area contributed by atoms with E-state index in [9.17, 15) is 4.79 Å². The van der Waals surface area contributed by atoms with Gasteiger partial charge in [0.15, 0.2) is 11.5 Å². The molecule has 0 aromatic heterocycles. The number of benzene rings is 1. The molecule has 1 amide bonds. The van der Waals surface area contributed by atoms with Crippen LogP contribution in [-0.4, -0.2) is 49.2 Å². The van der Waals surface area contributed by atoms with Crippen LogP contribution in [0.2, 0.25) is 0 Å². The Kier molecular flexibility index (Phi) is 4.52. The van der Waals surface area contributed by atoms with Crippen LogP contribution in [0.4, 0.5) is 0 Å². The van der Waals surface area contributed by atoms with Crippen LogP contribution in [0.1, 0.15) is 25.3 Å². The van der Waals surface area contributed by atoms with Gasteiger partial charge in [-0.3, -0.25) is 9.69 Å². The molecule has 0 unspecified atom stereocenters. The van der Waals surface area contributed by atoms with E-state index in [4.69, 9.17) is 9.47 Å². The third-order valence-electron chi connectivity index (χ3n) is 4.43. The lowest BCUT2D eigenvalue weighted by molar-refractivity contribution is -0.133. The minimum Gasteiger partial charge on any atom is -0.454 e. The molecule has 5 nitrogen and oxygen atoms in total. The first kappa shape index (κ1) is 15.2. The highest BCUT2D eigenvalue weighted by atomic mass is 16.7. The van der Waals surface area contributed by atoms with Crippen LogP contribution in [0.5, 0.6) is 11.5 Å². The van der Waals surface area contributed by atoms with Gasteiger partial charge in [0.05, 0.1) is 6.54 Å². The number of likely N-dealkylation sites (tertiary alicyclic amines) is 1. The highest BCUT2D eigenvalue weighted by Gasteiger charge is 2.21. The Morgan fingerprint density at radius 2 is 2.00 bits per heavy atom. The van der Waals surface area contributed by atoms with Gasteiger partial charge >= 0.3 is 0 Å². The van der Waals surface area contributed by atoms with Crippen molar-refractivity contribution in [1.29, 1.82) is 0 Å². The Morgan fingerprint density at radius 3 is 2.77 bits per heavy atom. The summed E-state index contributed by atoms with van der Waals surface area (Å²) in [6.07, 6.45) is 2.25. The Morgan fingerprint density at radius 1 is 1.27 bits per heavy atom. The lowest BCUT2D eigenvalue weighted by Gasteiger charge is -2.31. The minimum absolute atomic E-state index is 0.232. The van der Waals surface area contributed by atoms with Gasteiger partial charge in [-0.15, -0.1) is 0 Å². The van der Waals surface area contributed by atoms with Gasteiger partial charge in [-0.25, -0.2) is 0 Å². The van der Waals surface area contributed by atoms with Crippen molar-refractivity contribution in [3.8, 4) is 11.5 Å². The molecule has 2 aliphatic heterocycles. The monoisotopic (exact) mass is 304 g/mol. The Labute approximate surface area is 131 Å². The summed E-state index contributed by atoms with van der Waals surface area (Å²) < 4.78 is 10.7. The second-order valence-corrected chi connectivity index (χ2v) is 6.42. The van der Waals surface area contributed by atoms with Crippen LogP contribution < -0.4 is 9.47 Å². The van der Waals surface area contributed by atoms with Crippen molar-refractivity contribution in [2.24, 2.45) is 5.92 Å². The molecule has 0 aliphatic carbocycles. The van der Waals surface area contributed by atoms with Crippen molar-refractivity contribution in [2.45, 2.75) is 26.3 Å². The Bertz CT molecular complexity index is 539. The van der Waals surface area contributed by atoms with E-state index in [2.05, 4.69) is 11.8 Å². The van der Waals surface area contributed by atoms with Crippen molar-refractivity contribution >= 4 is 5.91 Å². The molecule has 5 heteroatoms. The summed E-state index contributed by atoms with van der Waals surface area (Å²) in [4.78, 5) is 16.4. The smallest absolute Gasteiger partial charge is 0.236 e. The van der Waals surface area contributed by atoms with E-state index in [1.165, 1.54) is 0 Å². The highest BCUT2D eigenvalue weighted by Crippen LogP contribution is 2.32. The third kappa shape index (κ3) is 3.53. The maximum absolute atomic E-state index is 12.3.